The van der Waals surface area contributed by atoms with Gasteiger partial charge < -0.3 is 9.64 Å². The molecule has 0 fully saturated rings. The first kappa shape index (κ1) is 15.7. The fraction of sp³-hybridized carbons (Fsp3) is 0.176. The summed E-state index contributed by atoms with van der Waals surface area (Å²) >= 11 is 0. The lowest BCUT2D eigenvalue weighted by atomic mass is 10.1. The summed E-state index contributed by atoms with van der Waals surface area (Å²) in [5.41, 5.74) is 1.11. The van der Waals surface area contributed by atoms with Crippen LogP contribution in [0.1, 0.15) is 26.3 Å². The summed E-state index contributed by atoms with van der Waals surface area (Å²) in [5, 5.41) is 0. The zero-order chi connectivity index (χ0) is 16.1. The van der Waals surface area contributed by atoms with Crippen LogP contribution < -0.4 is 0 Å². The van der Waals surface area contributed by atoms with Crippen LogP contribution in [-0.2, 0) is 11.3 Å². The minimum absolute atomic E-state index is 0.135. The molecule has 0 saturated heterocycles. The number of ether oxygens (including phenoxy) is 1. The van der Waals surface area contributed by atoms with E-state index in [1.807, 2.05) is 0 Å². The van der Waals surface area contributed by atoms with Crippen LogP contribution >= 0.6 is 0 Å². The molecule has 0 atom stereocenters. The highest BCUT2D eigenvalue weighted by molar-refractivity contribution is 5.95. The van der Waals surface area contributed by atoms with E-state index < -0.39 is 11.8 Å². The molecule has 0 unspecified atom stereocenters. The lowest BCUT2D eigenvalue weighted by Gasteiger charge is -2.10. The number of carbonyl (C=O) groups is 2. The molecule has 2 rings (SSSR count). The van der Waals surface area contributed by atoms with E-state index in [9.17, 15) is 14.0 Å². The van der Waals surface area contributed by atoms with Crippen molar-refractivity contribution in [2.24, 2.45) is 0 Å². The van der Waals surface area contributed by atoms with E-state index in [2.05, 4.69) is 0 Å². The van der Waals surface area contributed by atoms with Crippen molar-refractivity contribution in [3.63, 3.8) is 0 Å². The molecule has 1 amide bonds. The van der Waals surface area contributed by atoms with Gasteiger partial charge in [-0.15, -0.1) is 0 Å². The molecule has 0 N–H and O–H groups in total. The van der Waals surface area contributed by atoms with Crippen LogP contribution in [0.3, 0.4) is 0 Å². The van der Waals surface area contributed by atoms with Gasteiger partial charge in [-0.3, -0.25) is 4.79 Å². The molecule has 0 aliphatic rings. The normalized spacial score (nSPS) is 10.1. The zero-order valence-electron chi connectivity index (χ0n) is 12.4. The van der Waals surface area contributed by atoms with E-state index in [4.69, 9.17) is 4.74 Å². The maximum Gasteiger partial charge on any atom is 0.338 e. The van der Waals surface area contributed by atoms with Gasteiger partial charge in [0.15, 0.2) is 0 Å². The molecule has 114 valence electrons. The molecule has 2 aromatic carbocycles. The van der Waals surface area contributed by atoms with E-state index >= 15 is 0 Å². The second kappa shape index (κ2) is 6.85. The molecule has 0 aromatic heterocycles. The minimum atomic E-state index is -0.563. The minimum Gasteiger partial charge on any atom is -0.457 e. The van der Waals surface area contributed by atoms with Crippen LogP contribution in [-0.4, -0.2) is 30.9 Å². The van der Waals surface area contributed by atoms with Crippen molar-refractivity contribution < 1.29 is 18.7 Å². The van der Waals surface area contributed by atoms with Crippen LogP contribution in [0.2, 0.25) is 0 Å². The van der Waals surface area contributed by atoms with Gasteiger partial charge in [0.05, 0.1) is 5.56 Å². The quantitative estimate of drug-likeness (QED) is 0.816. The fourth-order valence-corrected chi connectivity index (χ4v) is 1.85. The van der Waals surface area contributed by atoms with Crippen molar-refractivity contribution in [2.45, 2.75) is 6.61 Å². The van der Waals surface area contributed by atoms with E-state index in [0.29, 0.717) is 16.7 Å². The SMILES string of the molecule is CN(C)C(=O)c1ccc(C(=O)OCc2ccccc2F)cc1. The molecule has 0 aliphatic heterocycles. The first-order valence-corrected chi connectivity index (χ1v) is 6.71. The van der Waals surface area contributed by atoms with Gasteiger partial charge in [-0.25, -0.2) is 9.18 Å². The Morgan fingerprint density at radius 3 is 2.18 bits per heavy atom. The molecule has 0 spiro atoms. The predicted octanol–water partition coefficient (Wildman–Crippen LogP) is 2.88. The van der Waals surface area contributed by atoms with Gasteiger partial charge in [0, 0.05) is 25.2 Å². The summed E-state index contributed by atoms with van der Waals surface area (Å²) in [4.78, 5) is 25.1. The first-order chi connectivity index (χ1) is 10.5. The number of amides is 1. The summed E-state index contributed by atoms with van der Waals surface area (Å²) in [6.07, 6.45) is 0. The Hall–Kier alpha value is -2.69. The zero-order valence-corrected chi connectivity index (χ0v) is 12.4. The predicted molar refractivity (Wildman–Crippen MR) is 80.0 cm³/mol. The van der Waals surface area contributed by atoms with E-state index in [-0.39, 0.29) is 12.5 Å². The van der Waals surface area contributed by atoms with Gasteiger partial charge in [0.25, 0.3) is 5.91 Å². The number of halogens is 1. The average Bonchev–Trinajstić information content (AvgIpc) is 2.53. The number of hydrogen-bond acceptors (Lipinski definition) is 3. The standard InChI is InChI=1S/C17H16FNO3/c1-19(2)16(20)12-7-9-13(10-8-12)17(21)22-11-14-5-3-4-6-15(14)18/h3-10H,11H2,1-2H3. The van der Waals surface area contributed by atoms with E-state index in [1.54, 1.807) is 44.4 Å². The van der Waals surface area contributed by atoms with Gasteiger partial charge in [0.2, 0.25) is 0 Å². The monoisotopic (exact) mass is 301 g/mol. The summed E-state index contributed by atoms with van der Waals surface area (Å²) in [5.74, 6) is -1.12. The van der Waals surface area contributed by atoms with Crippen molar-refractivity contribution in [1.29, 1.82) is 0 Å². The third-order valence-electron chi connectivity index (χ3n) is 3.09. The Morgan fingerprint density at radius 2 is 1.59 bits per heavy atom. The highest BCUT2D eigenvalue weighted by Gasteiger charge is 2.12. The number of benzene rings is 2. The highest BCUT2D eigenvalue weighted by Crippen LogP contribution is 2.11. The third kappa shape index (κ3) is 3.69. The number of esters is 1. The van der Waals surface area contributed by atoms with Crippen LogP contribution in [0.25, 0.3) is 0 Å². The molecular weight excluding hydrogens is 285 g/mol. The van der Waals surface area contributed by atoms with Crippen LogP contribution in [0.4, 0.5) is 4.39 Å². The first-order valence-electron chi connectivity index (χ1n) is 6.71. The molecule has 0 bridgehead atoms. The molecule has 22 heavy (non-hydrogen) atoms. The molecule has 5 heteroatoms. The van der Waals surface area contributed by atoms with Gasteiger partial charge >= 0.3 is 5.97 Å². The lowest BCUT2D eigenvalue weighted by Crippen LogP contribution is -2.21. The summed E-state index contributed by atoms with van der Waals surface area (Å²) in [6, 6.07) is 12.3. The molecule has 0 saturated carbocycles. The van der Waals surface area contributed by atoms with Crippen LogP contribution in [0, 0.1) is 5.82 Å². The molecule has 0 aliphatic carbocycles. The fourth-order valence-electron chi connectivity index (χ4n) is 1.85. The highest BCUT2D eigenvalue weighted by atomic mass is 19.1. The second-order valence-corrected chi connectivity index (χ2v) is 4.94. The van der Waals surface area contributed by atoms with E-state index in [0.717, 1.165) is 0 Å². The topological polar surface area (TPSA) is 46.6 Å². The van der Waals surface area contributed by atoms with Gasteiger partial charge in [-0.1, -0.05) is 18.2 Å². The molecular formula is C17H16FNO3. The number of nitrogens with zero attached hydrogens (tertiary/aromatic N) is 1. The van der Waals surface area contributed by atoms with Gasteiger partial charge in [-0.2, -0.15) is 0 Å². The summed E-state index contributed by atoms with van der Waals surface area (Å²) < 4.78 is 18.5. The maximum atomic E-state index is 13.4. The number of rotatable bonds is 4. The molecule has 2 aromatic rings. The summed E-state index contributed by atoms with van der Waals surface area (Å²) in [6.45, 7) is -0.135. The van der Waals surface area contributed by atoms with E-state index in [1.165, 1.54) is 23.1 Å². The second-order valence-electron chi connectivity index (χ2n) is 4.94. The van der Waals surface area contributed by atoms with Crippen molar-refractivity contribution >= 4 is 11.9 Å². The average molecular weight is 301 g/mol. The smallest absolute Gasteiger partial charge is 0.338 e. The van der Waals surface area contributed by atoms with Crippen LogP contribution in [0.15, 0.2) is 48.5 Å². The Labute approximate surface area is 128 Å². The third-order valence-corrected chi connectivity index (χ3v) is 3.09. The lowest BCUT2D eigenvalue weighted by molar-refractivity contribution is 0.0468. The maximum absolute atomic E-state index is 13.4. The molecule has 0 heterocycles. The molecule has 4 nitrogen and oxygen atoms in total. The Kier molecular flexibility index (Phi) is 4.88. The van der Waals surface area contributed by atoms with Crippen LogP contribution in [0.5, 0.6) is 0 Å². The largest absolute Gasteiger partial charge is 0.457 e. The Morgan fingerprint density at radius 1 is 1.00 bits per heavy atom. The Balaban J connectivity index is 2.01. The summed E-state index contributed by atoms with van der Waals surface area (Å²) in [7, 11) is 3.30. The van der Waals surface area contributed by atoms with Crippen molar-refractivity contribution in [1.82, 2.24) is 4.90 Å². The van der Waals surface area contributed by atoms with Gasteiger partial charge in [0.1, 0.15) is 12.4 Å². The Bertz CT molecular complexity index is 681. The molecule has 0 radical (unpaired) electrons. The van der Waals surface area contributed by atoms with Crippen molar-refractivity contribution in [2.75, 3.05) is 14.1 Å². The number of hydrogen-bond donors (Lipinski definition) is 0. The van der Waals surface area contributed by atoms with Gasteiger partial charge in [-0.05, 0) is 30.3 Å². The number of carbonyl (C=O) groups excluding carboxylic acids is 2. The van der Waals surface area contributed by atoms with Crippen molar-refractivity contribution in [3.8, 4) is 0 Å². The van der Waals surface area contributed by atoms with Crippen molar-refractivity contribution in [3.05, 3.63) is 71.0 Å².